The van der Waals surface area contributed by atoms with Crippen LogP contribution < -0.4 is 5.32 Å². The number of rotatable bonds is 4. The Hall–Kier alpha value is -0.990. The average Bonchev–Trinajstić information content (AvgIpc) is 2.38. The first-order valence-electron chi connectivity index (χ1n) is 5.96. The first kappa shape index (κ1) is 13.4. The number of aryl methyl sites for hydroxylation is 1. The summed E-state index contributed by atoms with van der Waals surface area (Å²) in [5.74, 6) is 0. The summed E-state index contributed by atoms with van der Waals surface area (Å²) in [6.45, 7) is 2.90. The van der Waals surface area contributed by atoms with E-state index in [0.717, 1.165) is 28.0 Å². The maximum Gasteiger partial charge on any atom is 0.0467 e. The summed E-state index contributed by atoms with van der Waals surface area (Å²) in [6.07, 6.45) is 1.03. The van der Waals surface area contributed by atoms with Gasteiger partial charge in [0.1, 0.15) is 0 Å². The second-order valence-electron chi connectivity index (χ2n) is 4.10. The molecule has 94 valence electrons. The van der Waals surface area contributed by atoms with Crippen LogP contribution in [0.2, 0.25) is 5.02 Å². The van der Waals surface area contributed by atoms with Crippen LogP contribution in [-0.2, 0) is 13.0 Å². The monoisotopic (exact) mass is 323 g/mol. The van der Waals surface area contributed by atoms with Gasteiger partial charge in [0.05, 0.1) is 0 Å². The van der Waals surface area contributed by atoms with E-state index in [1.54, 1.807) is 0 Å². The number of nitrogens with one attached hydrogen (secondary N) is 1. The van der Waals surface area contributed by atoms with E-state index >= 15 is 0 Å². The Labute approximate surface area is 121 Å². The number of halogens is 2. The van der Waals surface area contributed by atoms with Gasteiger partial charge < -0.3 is 5.32 Å². The fourth-order valence-corrected chi connectivity index (χ4v) is 2.60. The molecule has 1 N–H and O–H groups in total. The third-order valence-corrected chi connectivity index (χ3v) is 3.73. The maximum atomic E-state index is 6.20. The van der Waals surface area contributed by atoms with Crippen LogP contribution in [-0.4, -0.2) is 0 Å². The highest BCUT2D eigenvalue weighted by Gasteiger charge is 2.03. The lowest BCUT2D eigenvalue weighted by molar-refractivity contribution is 1.09. The molecule has 0 aliphatic carbocycles. The molecule has 0 aliphatic heterocycles. The van der Waals surface area contributed by atoms with Crippen LogP contribution in [0, 0.1) is 0 Å². The molecule has 0 fully saturated rings. The van der Waals surface area contributed by atoms with Crippen molar-refractivity contribution in [1.29, 1.82) is 0 Å². The molecule has 0 saturated carbocycles. The van der Waals surface area contributed by atoms with Gasteiger partial charge in [-0.2, -0.15) is 0 Å². The minimum Gasteiger partial charge on any atom is -0.381 e. The lowest BCUT2D eigenvalue weighted by atomic mass is 10.1. The van der Waals surface area contributed by atoms with E-state index in [4.69, 9.17) is 11.6 Å². The van der Waals surface area contributed by atoms with Gasteiger partial charge in [0, 0.05) is 21.7 Å². The van der Waals surface area contributed by atoms with Gasteiger partial charge in [0.25, 0.3) is 0 Å². The van der Waals surface area contributed by atoms with Gasteiger partial charge in [-0.15, -0.1) is 0 Å². The SMILES string of the molecule is CCc1ccccc1NCc1ccc(Br)cc1Cl. The van der Waals surface area contributed by atoms with E-state index in [0.29, 0.717) is 0 Å². The molecule has 0 spiro atoms. The Kier molecular flexibility index (Phi) is 4.67. The first-order valence-corrected chi connectivity index (χ1v) is 7.13. The van der Waals surface area contributed by atoms with Crippen molar-refractivity contribution < 1.29 is 0 Å². The van der Waals surface area contributed by atoms with Crippen molar-refractivity contribution in [1.82, 2.24) is 0 Å². The Balaban J connectivity index is 2.11. The zero-order valence-electron chi connectivity index (χ0n) is 10.2. The molecule has 0 amide bonds. The summed E-state index contributed by atoms with van der Waals surface area (Å²) in [7, 11) is 0. The van der Waals surface area contributed by atoms with Crippen LogP contribution in [0.25, 0.3) is 0 Å². The Bertz CT molecular complexity index is 540. The first-order chi connectivity index (χ1) is 8.70. The van der Waals surface area contributed by atoms with E-state index in [-0.39, 0.29) is 0 Å². The van der Waals surface area contributed by atoms with Gasteiger partial charge in [-0.25, -0.2) is 0 Å². The van der Waals surface area contributed by atoms with Crippen molar-refractivity contribution in [3.05, 3.63) is 63.1 Å². The van der Waals surface area contributed by atoms with E-state index in [2.05, 4.69) is 46.4 Å². The number of para-hydroxylation sites is 1. The lowest BCUT2D eigenvalue weighted by Gasteiger charge is -2.11. The van der Waals surface area contributed by atoms with E-state index in [1.165, 1.54) is 11.3 Å². The van der Waals surface area contributed by atoms with E-state index in [9.17, 15) is 0 Å². The zero-order chi connectivity index (χ0) is 13.0. The van der Waals surface area contributed by atoms with Gasteiger partial charge >= 0.3 is 0 Å². The van der Waals surface area contributed by atoms with Crippen molar-refractivity contribution in [3.63, 3.8) is 0 Å². The predicted molar refractivity (Wildman–Crippen MR) is 82.3 cm³/mol. The van der Waals surface area contributed by atoms with E-state index in [1.807, 2.05) is 24.3 Å². The highest BCUT2D eigenvalue weighted by atomic mass is 79.9. The summed E-state index contributed by atoms with van der Waals surface area (Å²) >= 11 is 9.61. The third-order valence-electron chi connectivity index (χ3n) is 2.88. The van der Waals surface area contributed by atoms with Crippen LogP contribution in [0.5, 0.6) is 0 Å². The molecular weight excluding hydrogens is 310 g/mol. The smallest absolute Gasteiger partial charge is 0.0467 e. The van der Waals surface area contributed by atoms with Gasteiger partial charge in [0.15, 0.2) is 0 Å². The van der Waals surface area contributed by atoms with Crippen LogP contribution >= 0.6 is 27.5 Å². The molecule has 3 heteroatoms. The van der Waals surface area contributed by atoms with E-state index < -0.39 is 0 Å². The summed E-state index contributed by atoms with van der Waals surface area (Å²) in [5.41, 5.74) is 3.61. The predicted octanol–water partition coefficient (Wildman–Crippen LogP) is 5.28. The highest BCUT2D eigenvalue weighted by Crippen LogP contribution is 2.23. The second kappa shape index (κ2) is 6.26. The quantitative estimate of drug-likeness (QED) is 0.807. The number of hydrogen-bond acceptors (Lipinski definition) is 1. The van der Waals surface area contributed by atoms with Gasteiger partial charge in [-0.05, 0) is 35.7 Å². The van der Waals surface area contributed by atoms with Crippen LogP contribution in [0.1, 0.15) is 18.1 Å². The lowest BCUT2D eigenvalue weighted by Crippen LogP contribution is -2.02. The molecule has 0 radical (unpaired) electrons. The van der Waals surface area contributed by atoms with Crippen molar-refractivity contribution in [2.75, 3.05) is 5.32 Å². The van der Waals surface area contributed by atoms with Gasteiger partial charge in [-0.1, -0.05) is 58.7 Å². The van der Waals surface area contributed by atoms with Crippen LogP contribution in [0.15, 0.2) is 46.9 Å². The summed E-state index contributed by atoms with van der Waals surface area (Å²) in [5, 5.41) is 4.22. The molecule has 0 heterocycles. The molecule has 2 aromatic rings. The summed E-state index contributed by atoms with van der Waals surface area (Å²) in [6, 6.07) is 14.3. The number of benzene rings is 2. The van der Waals surface area contributed by atoms with Crippen molar-refractivity contribution in [2.24, 2.45) is 0 Å². The Morgan fingerprint density at radius 3 is 2.61 bits per heavy atom. The maximum absolute atomic E-state index is 6.20. The van der Waals surface area contributed by atoms with Crippen molar-refractivity contribution in [3.8, 4) is 0 Å². The summed E-state index contributed by atoms with van der Waals surface area (Å²) < 4.78 is 1.00. The molecule has 0 unspecified atom stereocenters. The van der Waals surface area contributed by atoms with Gasteiger partial charge in [-0.3, -0.25) is 0 Å². The minimum atomic E-state index is 0.739. The molecule has 0 aliphatic rings. The minimum absolute atomic E-state index is 0.739. The Morgan fingerprint density at radius 2 is 1.89 bits per heavy atom. The molecule has 0 atom stereocenters. The Morgan fingerprint density at radius 1 is 1.11 bits per heavy atom. The standard InChI is InChI=1S/C15H15BrClN/c1-2-11-5-3-4-6-15(11)18-10-12-7-8-13(16)9-14(12)17/h3-9,18H,2,10H2,1H3. The number of hydrogen-bond donors (Lipinski definition) is 1. The second-order valence-corrected chi connectivity index (χ2v) is 5.42. The fourth-order valence-electron chi connectivity index (χ4n) is 1.86. The number of anilines is 1. The third kappa shape index (κ3) is 3.27. The zero-order valence-corrected chi connectivity index (χ0v) is 12.6. The molecule has 0 aromatic heterocycles. The molecule has 0 saturated heterocycles. The van der Waals surface area contributed by atoms with Crippen molar-refractivity contribution >= 4 is 33.2 Å². The molecule has 0 bridgehead atoms. The van der Waals surface area contributed by atoms with Gasteiger partial charge in [0.2, 0.25) is 0 Å². The van der Waals surface area contributed by atoms with Crippen molar-refractivity contribution in [2.45, 2.75) is 19.9 Å². The highest BCUT2D eigenvalue weighted by molar-refractivity contribution is 9.10. The van der Waals surface area contributed by atoms with Crippen LogP contribution in [0.3, 0.4) is 0 Å². The topological polar surface area (TPSA) is 12.0 Å². The van der Waals surface area contributed by atoms with Crippen LogP contribution in [0.4, 0.5) is 5.69 Å². The molecule has 1 nitrogen and oxygen atoms in total. The summed E-state index contributed by atoms with van der Waals surface area (Å²) in [4.78, 5) is 0. The molecule has 2 aromatic carbocycles. The molecule has 18 heavy (non-hydrogen) atoms. The average molecular weight is 325 g/mol. The molecular formula is C15H15BrClN. The normalized spacial score (nSPS) is 10.4. The molecule has 2 rings (SSSR count). The largest absolute Gasteiger partial charge is 0.381 e. The fraction of sp³-hybridized carbons (Fsp3) is 0.200.